The lowest BCUT2D eigenvalue weighted by Crippen LogP contribution is -2.31. The maximum absolute atomic E-state index is 12.6. The van der Waals surface area contributed by atoms with Crippen LogP contribution in [-0.4, -0.2) is 59.6 Å². The number of β-amino-alcohol motifs (C(OH)–C–C–N with tert-alkyl or cyclic N) is 1. The van der Waals surface area contributed by atoms with Crippen molar-refractivity contribution in [3.63, 3.8) is 0 Å². The van der Waals surface area contributed by atoms with Crippen molar-refractivity contribution in [3.8, 4) is 0 Å². The molecule has 1 aliphatic rings. The van der Waals surface area contributed by atoms with E-state index in [-0.39, 0.29) is 42.6 Å². The van der Waals surface area contributed by atoms with Gasteiger partial charge in [-0.15, -0.1) is 0 Å². The van der Waals surface area contributed by atoms with Crippen LogP contribution < -0.4 is 10.6 Å². The maximum Gasteiger partial charge on any atom is 0.337 e. The average molecular weight is 396 g/mol. The van der Waals surface area contributed by atoms with Crippen LogP contribution in [-0.2, 0) is 14.3 Å². The Labute approximate surface area is 167 Å². The van der Waals surface area contributed by atoms with Gasteiger partial charge in [0.2, 0.25) is 0 Å². The number of hydrogen-bond acceptors (Lipinski definition) is 7. The van der Waals surface area contributed by atoms with Crippen molar-refractivity contribution in [1.82, 2.24) is 9.88 Å². The van der Waals surface area contributed by atoms with Crippen LogP contribution in [0.5, 0.6) is 0 Å². The summed E-state index contributed by atoms with van der Waals surface area (Å²) in [6, 6.07) is 11.7. The van der Waals surface area contributed by atoms with Gasteiger partial charge in [-0.3, -0.25) is 14.6 Å². The summed E-state index contributed by atoms with van der Waals surface area (Å²) in [7, 11) is 1.24. The number of aromatic nitrogens is 1. The molecule has 29 heavy (non-hydrogen) atoms. The Bertz CT molecular complexity index is 958. The van der Waals surface area contributed by atoms with Gasteiger partial charge in [0.05, 0.1) is 25.8 Å². The zero-order valence-corrected chi connectivity index (χ0v) is 15.7. The van der Waals surface area contributed by atoms with E-state index in [0.717, 1.165) is 0 Å². The first kappa shape index (κ1) is 20.0. The number of hydrogen-bond donors (Lipinski definition) is 3. The van der Waals surface area contributed by atoms with Crippen LogP contribution in [0.2, 0.25) is 0 Å². The van der Waals surface area contributed by atoms with Gasteiger partial charge in [0, 0.05) is 24.1 Å². The number of nitrogens with one attached hydrogen (secondary N) is 2. The van der Waals surface area contributed by atoms with E-state index >= 15 is 0 Å². The second-order valence-corrected chi connectivity index (χ2v) is 6.17. The number of esters is 1. The normalized spacial score (nSPS) is 13.4. The van der Waals surface area contributed by atoms with Crippen LogP contribution in [0.15, 0.2) is 59.9 Å². The first-order valence-corrected chi connectivity index (χ1v) is 8.84. The maximum atomic E-state index is 12.6. The van der Waals surface area contributed by atoms with E-state index < -0.39 is 11.9 Å². The van der Waals surface area contributed by atoms with E-state index in [2.05, 4.69) is 15.6 Å². The van der Waals surface area contributed by atoms with Gasteiger partial charge in [-0.1, -0.05) is 12.1 Å². The minimum absolute atomic E-state index is 0.0461. The van der Waals surface area contributed by atoms with Crippen molar-refractivity contribution < 1.29 is 24.2 Å². The van der Waals surface area contributed by atoms with Gasteiger partial charge in [-0.2, -0.15) is 0 Å². The first-order valence-electron chi connectivity index (χ1n) is 8.84. The lowest BCUT2D eigenvalue weighted by atomic mass is 10.2. The number of amides is 2. The number of benzene rings is 1. The van der Waals surface area contributed by atoms with Crippen LogP contribution in [0.1, 0.15) is 10.5 Å². The molecule has 3 N–H and O–H groups in total. The Kier molecular flexibility index (Phi) is 6.20. The van der Waals surface area contributed by atoms with Gasteiger partial charge in [-0.05, 0) is 30.3 Å². The molecule has 0 atom stereocenters. The summed E-state index contributed by atoms with van der Waals surface area (Å²) in [5, 5.41) is 14.8. The number of carbonyl (C=O) groups is 3. The Morgan fingerprint density at radius 2 is 2.00 bits per heavy atom. The molecule has 0 saturated carbocycles. The zero-order valence-electron chi connectivity index (χ0n) is 15.7. The first-order chi connectivity index (χ1) is 14.0. The Morgan fingerprint density at radius 3 is 2.69 bits per heavy atom. The number of carbonyl (C=O) groups excluding carboxylic acids is 3. The molecule has 0 unspecified atom stereocenters. The van der Waals surface area contributed by atoms with Crippen molar-refractivity contribution in [2.24, 2.45) is 0 Å². The van der Waals surface area contributed by atoms with Crippen molar-refractivity contribution in [2.75, 3.05) is 37.4 Å². The van der Waals surface area contributed by atoms with Crippen molar-refractivity contribution in [3.05, 3.63) is 65.6 Å². The summed E-state index contributed by atoms with van der Waals surface area (Å²) < 4.78 is 4.76. The molecule has 0 spiro atoms. The summed E-state index contributed by atoms with van der Waals surface area (Å²) in [5.74, 6) is -1.41. The highest BCUT2D eigenvalue weighted by molar-refractivity contribution is 6.08. The molecule has 3 rings (SSSR count). The van der Waals surface area contributed by atoms with Crippen LogP contribution in [0.4, 0.5) is 11.4 Å². The van der Waals surface area contributed by atoms with Gasteiger partial charge in [-0.25, -0.2) is 4.79 Å². The van der Waals surface area contributed by atoms with Crippen LogP contribution >= 0.6 is 0 Å². The molecule has 1 aliphatic heterocycles. The smallest absolute Gasteiger partial charge is 0.337 e. The number of methoxy groups -OCH3 is 1. The molecule has 0 radical (unpaired) electrons. The number of aliphatic hydroxyl groups excluding tert-OH is 1. The van der Waals surface area contributed by atoms with E-state index in [0.29, 0.717) is 11.4 Å². The number of aliphatic hydroxyl groups is 1. The molecule has 9 nitrogen and oxygen atoms in total. The fraction of sp³-hybridized carbons (Fsp3) is 0.200. The molecule has 9 heteroatoms. The minimum atomic E-state index is -0.624. The summed E-state index contributed by atoms with van der Waals surface area (Å²) in [6.45, 7) is -0.0717. The van der Waals surface area contributed by atoms with E-state index in [1.54, 1.807) is 42.5 Å². The molecule has 1 aromatic heterocycles. The van der Waals surface area contributed by atoms with E-state index in [1.807, 2.05) is 0 Å². The average Bonchev–Trinajstić information content (AvgIpc) is 3.04. The van der Waals surface area contributed by atoms with Gasteiger partial charge < -0.3 is 25.4 Å². The Balaban J connectivity index is 1.80. The second-order valence-electron chi connectivity index (χ2n) is 6.17. The van der Waals surface area contributed by atoms with Gasteiger partial charge in [0.25, 0.3) is 11.8 Å². The largest absolute Gasteiger partial charge is 0.466 e. The quantitative estimate of drug-likeness (QED) is 0.597. The predicted molar refractivity (Wildman–Crippen MR) is 105 cm³/mol. The molecule has 2 amide bonds. The monoisotopic (exact) mass is 396 g/mol. The van der Waals surface area contributed by atoms with E-state index in [1.165, 1.54) is 18.2 Å². The summed E-state index contributed by atoms with van der Waals surface area (Å²) in [4.78, 5) is 42.3. The number of ether oxygens (including phenoxy) is 1. The van der Waals surface area contributed by atoms with Gasteiger partial charge in [0.15, 0.2) is 0 Å². The molecule has 2 heterocycles. The van der Waals surface area contributed by atoms with Gasteiger partial charge in [0.1, 0.15) is 11.4 Å². The number of anilines is 2. The standard InChI is InChI=1S/C20H20N4O5/c1-29-20(28)15-12-24(9-10-25)19(27)17(15)22-13-5-4-6-14(11-13)23-18(26)16-7-2-3-8-21-16/h2-8,11,22,25H,9-10,12H2,1H3,(H,23,26). The van der Waals surface area contributed by atoms with E-state index in [4.69, 9.17) is 9.84 Å². The summed E-state index contributed by atoms with van der Waals surface area (Å²) >= 11 is 0. The second kappa shape index (κ2) is 8.98. The van der Waals surface area contributed by atoms with Crippen molar-refractivity contribution >= 4 is 29.2 Å². The fourth-order valence-electron chi connectivity index (χ4n) is 2.86. The topological polar surface area (TPSA) is 121 Å². The third kappa shape index (κ3) is 4.58. The molecule has 0 aliphatic carbocycles. The highest BCUT2D eigenvalue weighted by atomic mass is 16.5. The molecule has 150 valence electrons. The SMILES string of the molecule is COC(=O)C1=C(Nc2cccc(NC(=O)c3ccccn3)c2)C(=O)N(CCO)C1. The highest BCUT2D eigenvalue weighted by Gasteiger charge is 2.34. The Hall–Kier alpha value is -3.72. The van der Waals surface area contributed by atoms with Gasteiger partial charge >= 0.3 is 5.97 Å². The lowest BCUT2D eigenvalue weighted by Gasteiger charge is -2.15. The third-order valence-electron chi connectivity index (χ3n) is 4.24. The number of rotatable bonds is 7. The Morgan fingerprint density at radius 1 is 1.21 bits per heavy atom. The molecule has 1 aromatic carbocycles. The van der Waals surface area contributed by atoms with E-state index in [9.17, 15) is 14.4 Å². The van der Waals surface area contributed by atoms with Crippen molar-refractivity contribution in [2.45, 2.75) is 0 Å². The fourth-order valence-corrected chi connectivity index (χ4v) is 2.86. The summed E-state index contributed by atoms with van der Waals surface area (Å²) in [5.41, 5.74) is 1.52. The van der Waals surface area contributed by atoms with Crippen LogP contribution in [0, 0.1) is 0 Å². The lowest BCUT2D eigenvalue weighted by molar-refractivity contribution is -0.136. The predicted octanol–water partition coefficient (Wildman–Crippen LogP) is 1.01. The van der Waals surface area contributed by atoms with Crippen LogP contribution in [0.3, 0.4) is 0 Å². The highest BCUT2D eigenvalue weighted by Crippen LogP contribution is 2.24. The molecular formula is C20H20N4O5. The van der Waals surface area contributed by atoms with Crippen molar-refractivity contribution in [1.29, 1.82) is 0 Å². The summed E-state index contributed by atoms with van der Waals surface area (Å²) in [6.07, 6.45) is 1.53. The molecule has 0 saturated heterocycles. The third-order valence-corrected chi connectivity index (χ3v) is 4.24. The number of pyridine rings is 1. The number of nitrogens with zero attached hydrogens (tertiary/aromatic N) is 2. The molecule has 0 bridgehead atoms. The zero-order chi connectivity index (χ0) is 20.8. The molecule has 0 fully saturated rings. The minimum Gasteiger partial charge on any atom is -0.466 e. The van der Waals surface area contributed by atoms with Crippen LogP contribution in [0.25, 0.3) is 0 Å². The molecular weight excluding hydrogens is 376 g/mol. The molecule has 2 aromatic rings.